The maximum absolute atomic E-state index is 12.9. The van der Waals surface area contributed by atoms with Gasteiger partial charge in [0.1, 0.15) is 5.82 Å². The molecular weight excluding hydrogens is 247 g/mol. The molecule has 16 heavy (non-hydrogen) atoms. The first kappa shape index (κ1) is 11.5. The maximum Gasteiger partial charge on any atom is 0.154 e. The molecule has 1 aromatic carbocycles. The van der Waals surface area contributed by atoms with Crippen molar-refractivity contribution in [2.75, 3.05) is 5.75 Å². The van der Waals surface area contributed by atoms with Crippen LogP contribution in [0.1, 0.15) is 11.8 Å². The summed E-state index contributed by atoms with van der Waals surface area (Å²) in [5.74, 6) is -0.115. The summed E-state index contributed by atoms with van der Waals surface area (Å²) < 4.78 is 36.7. The smallest absolute Gasteiger partial charge is 0.154 e. The van der Waals surface area contributed by atoms with Gasteiger partial charge < -0.3 is 0 Å². The highest BCUT2D eigenvalue weighted by Gasteiger charge is 2.11. The fourth-order valence-corrected chi connectivity index (χ4v) is 3.79. The quantitative estimate of drug-likeness (QED) is 0.848. The Morgan fingerprint density at radius 3 is 2.75 bits per heavy atom. The molecule has 2 aromatic rings. The summed E-state index contributed by atoms with van der Waals surface area (Å²) in [4.78, 5) is 0.766. The van der Waals surface area contributed by atoms with Crippen LogP contribution in [0.25, 0.3) is 10.1 Å². The van der Waals surface area contributed by atoms with Crippen LogP contribution in [0.4, 0.5) is 4.39 Å². The monoisotopic (exact) mass is 258 g/mol. The van der Waals surface area contributed by atoms with E-state index < -0.39 is 9.84 Å². The van der Waals surface area contributed by atoms with Crippen LogP contribution >= 0.6 is 11.3 Å². The molecule has 0 saturated carbocycles. The minimum absolute atomic E-state index is 0.0461. The van der Waals surface area contributed by atoms with Crippen LogP contribution in [-0.2, 0) is 15.6 Å². The molecule has 0 atom stereocenters. The summed E-state index contributed by atoms with van der Waals surface area (Å²) in [7, 11) is -3.01. The summed E-state index contributed by atoms with van der Waals surface area (Å²) in [5, 5.41) is 0.770. The fraction of sp³-hybridized carbons (Fsp3) is 0.273. The van der Waals surface area contributed by atoms with Crippen molar-refractivity contribution in [2.45, 2.75) is 12.7 Å². The topological polar surface area (TPSA) is 34.1 Å². The molecule has 0 radical (unpaired) electrons. The second kappa shape index (κ2) is 4.14. The molecule has 0 aliphatic carbocycles. The minimum atomic E-state index is -3.01. The van der Waals surface area contributed by atoms with E-state index in [1.165, 1.54) is 23.5 Å². The lowest BCUT2D eigenvalue weighted by Gasteiger charge is -1.96. The largest absolute Gasteiger partial charge is 0.228 e. The van der Waals surface area contributed by atoms with Gasteiger partial charge in [0.15, 0.2) is 9.84 Å². The Bertz CT molecular complexity index is 614. The molecule has 0 N–H and O–H groups in total. The summed E-state index contributed by atoms with van der Waals surface area (Å²) in [5.41, 5.74) is 0. The molecule has 0 spiro atoms. The highest BCUT2D eigenvalue weighted by atomic mass is 32.2. The van der Waals surface area contributed by atoms with Gasteiger partial charge in [0, 0.05) is 15.3 Å². The second-order valence-corrected chi connectivity index (χ2v) is 7.09. The van der Waals surface area contributed by atoms with Gasteiger partial charge in [-0.1, -0.05) is 6.92 Å². The van der Waals surface area contributed by atoms with Gasteiger partial charge in [0.2, 0.25) is 0 Å². The van der Waals surface area contributed by atoms with Gasteiger partial charge in [-0.2, -0.15) is 0 Å². The molecule has 0 aliphatic rings. The van der Waals surface area contributed by atoms with E-state index in [0.717, 1.165) is 15.0 Å². The molecule has 2 nitrogen and oxygen atoms in total. The highest BCUT2D eigenvalue weighted by Crippen LogP contribution is 2.27. The summed E-state index contributed by atoms with van der Waals surface area (Å²) >= 11 is 1.40. The second-order valence-electron chi connectivity index (χ2n) is 3.57. The summed E-state index contributed by atoms with van der Waals surface area (Å²) in [6.07, 6.45) is 0. The normalized spacial score (nSPS) is 12.1. The van der Waals surface area contributed by atoms with Crippen LogP contribution in [0, 0.1) is 5.82 Å². The van der Waals surface area contributed by atoms with E-state index in [1.807, 2.05) is 0 Å². The van der Waals surface area contributed by atoms with Gasteiger partial charge in [0.25, 0.3) is 0 Å². The average molecular weight is 258 g/mol. The third-order valence-electron chi connectivity index (χ3n) is 2.33. The molecule has 1 aromatic heterocycles. The Labute approximate surface area is 97.6 Å². The molecule has 0 aliphatic heterocycles. The first-order chi connectivity index (χ1) is 7.50. The zero-order valence-electron chi connectivity index (χ0n) is 8.73. The lowest BCUT2D eigenvalue weighted by Crippen LogP contribution is -2.04. The van der Waals surface area contributed by atoms with Crippen molar-refractivity contribution in [3.05, 3.63) is 35.0 Å². The van der Waals surface area contributed by atoms with E-state index in [9.17, 15) is 12.8 Å². The van der Waals surface area contributed by atoms with Crippen LogP contribution in [-0.4, -0.2) is 14.2 Å². The van der Waals surface area contributed by atoms with Crippen LogP contribution in [0.5, 0.6) is 0 Å². The van der Waals surface area contributed by atoms with Crippen molar-refractivity contribution in [3.63, 3.8) is 0 Å². The first-order valence-electron chi connectivity index (χ1n) is 4.88. The van der Waals surface area contributed by atoms with Crippen LogP contribution in [0.15, 0.2) is 24.3 Å². The van der Waals surface area contributed by atoms with Crippen LogP contribution in [0.3, 0.4) is 0 Å². The number of hydrogen-bond donors (Lipinski definition) is 0. The van der Waals surface area contributed by atoms with E-state index in [1.54, 1.807) is 19.1 Å². The van der Waals surface area contributed by atoms with Crippen molar-refractivity contribution in [1.82, 2.24) is 0 Å². The number of hydrogen-bond acceptors (Lipinski definition) is 3. The van der Waals surface area contributed by atoms with Crippen molar-refractivity contribution in [1.29, 1.82) is 0 Å². The molecular formula is C11H11FO2S2. The van der Waals surface area contributed by atoms with E-state index in [4.69, 9.17) is 0 Å². The van der Waals surface area contributed by atoms with Gasteiger partial charge in [-0.15, -0.1) is 11.3 Å². The molecule has 0 saturated heterocycles. The van der Waals surface area contributed by atoms with Gasteiger partial charge in [-0.25, -0.2) is 12.8 Å². The molecule has 0 unspecified atom stereocenters. The van der Waals surface area contributed by atoms with Gasteiger partial charge in [-0.3, -0.25) is 0 Å². The van der Waals surface area contributed by atoms with E-state index >= 15 is 0 Å². The highest BCUT2D eigenvalue weighted by molar-refractivity contribution is 7.90. The van der Waals surface area contributed by atoms with E-state index in [0.29, 0.717) is 0 Å². The number of sulfone groups is 1. The molecule has 86 valence electrons. The lowest BCUT2D eigenvalue weighted by atomic mass is 10.2. The molecule has 5 heteroatoms. The van der Waals surface area contributed by atoms with Gasteiger partial charge in [0.05, 0.1) is 5.75 Å². The lowest BCUT2D eigenvalue weighted by molar-refractivity contribution is 0.597. The Morgan fingerprint density at radius 1 is 1.31 bits per heavy atom. The predicted octanol–water partition coefficient (Wildman–Crippen LogP) is 2.98. The van der Waals surface area contributed by atoms with Crippen molar-refractivity contribution >= 4 is 31.3 Å². The Kier molecular flexibility index (Phi) is 2.99. The Balaban J connectivity index is 2.40. The fourth-order valence-electron chi connectivity index (χ4n) is 1.46. The van der Waals surface area contributed by atoms with Gasteiger partial charge >= 0.3 is 0 Å². The predicted molar refractivity (Wildman–Crippen MR) is 64.9 cm³/mol. The Morgan fingerprint density at radius 2 is 2.06 bits per heavy atom. The zero-order valence-corrected chi connectivity index (χ0v) is 10.4. The number of benzene rings is 1. The number of halogens is 1. The standard InChI is InChI=1S/C11H11FO2S2/c1-2-16(13,14)7-10-6-8-5-9(12)3-4-11(8)15-10/h3-6H,2,7H2,1H3. The first-order valence-corrected chi connectivity index (χ1v) is 7.52. The van der Waals surface area contributed by atoms with Crippen LogP contribution in [0.2, 0.25) is 0 Å². The molecule has 2 rings (SSSR count). The average Bonchev–Trinajstić information content (AvgIpc) is 2.58. The molecule has 0 fully saturated rings. The molecule has 0 amide bonds. The Hall–Kier alpha value is -0.940. The zero-order chi connectivity index (χ0) is 11.8. The van der Waals surface area contributed by atoms with Crippen molar-refractivity contribution in [2.24, 2.45) is 0 Å². The van der Waals surface area contributed by atoms with Crippen molar-refractivity contribution in [3.8, 4) is 0 Å². The minimum Gasteiger partial charge on any atom is -0.228 e. The summed E-state index contributed by atoms with van der Waals surface area (Å²) in [6, 6.07) is 6.23. The molecule has 0 bridgehead atoms. The summed E-state index contributed by atoms with van der Waals surface area (Å²) in [6.45, 7) is 1.63. The number of rotatable bonds is 3. The maximum atomic E-state index is 12.9. The SMILES string of the molecule is CCS(=O)(=O)Cc1cc2cc(F)ccc2s1. The third-order valence-corrected chi connectivity index (χ3v) is 5.26. The number of thiophene rings is 1. The van der Waals surface area contributed by atoms with Gasteiger partial charge in [-0.05, 0) is 29.7 Å². The van der Waals surface area contributed by atoms with E-state index in [-0.39, 0.29) is 17.3 Å². The third kappa shape index (κ3) is 2.41. The van der Waals surface area contributed by atoms with Crippen molar-refractivity contribution < 1.29 is 12.8 Å². The van der Waals surface area contributed by atoms with E-state index in [2.05, 4.69) is 0 Å². The number of fused-ring (bicyclic) bond motifs is 1. The molecule has 1 heterocycles. The van der Waals surface area contributed by atoms with Crippen LogP contribution < -0.4 is 0 Å².